The van der Waals surface area contributed by atoms with Crippen LogP contribution in [0.4, 0.5) is 11.4 Å². The van der Waals surface area contributed by atoms with E-state index < -0.39 is 105 Å². The number of nitro groups is 2. The van der Waals surface area contributed by atoms with Gasteiger partial charge >= 0.3 is 169 Å². The van der Waals surface area contributed by atoms with Crippen LogP contribution in [0.2, 0.25) is 0 Å². The zero-order valence-corrected chi connectivity index (χ0v) is 39.1. The van der Waals surface area contributed by atoms with Crippen molar-refractivity contribution in [2.45, 2.75) is 30.6 Å². The van der Waals surface area contributed by atoms with Crippen molar-refractivity contribution >= 4 is 96.8 Å². The molecule has 0 aliphatic carbocycles. The molecule has 0 amide bonds. The van der Waals surface area contributed by atoms with Crippen molar-refractivity contribution in [1.82, 2.24) is 15.0 Å². The molecule has 61 heavy (non-hydrogen) atoms. The van der Waals surface area contributed by atoms with Crippen molar-refractivity contribution in [1.29, 1.82) is 0 Å². The Bertz CT molecular complexity index is 2840. The van der Waals surface area contributed by atoms with E-state index in [4.69, 9.17) is 12.3 Å². The van der Waals surface area contributed by atoms with E-state index in [1.54, 1.807) is 18.2 Å². The summed E-state index contributed by atoms with van der Waals surface area (Å²) in [4.78, 5) is 67.6. The number of hydrogen-bond acceptors (Lipinski definition) is 20. The molecule has 0 bridgehead atoms. The van der Waals surface area contributed by atoms with E-state index in [-0.39, 0.29) is 50.1 Å². The predicted molar refractivity (Wildman–Crippen MR) is 210 cm³/mol. The Labute approximate surface area is 381 Å². The van der Waals surface area contributed by atoms with Gasteiger partial charge in [-0.1, -0.05) is 0 Å². The molecule has 2 heterocycles. The molecule has 1 aromatic heterocycles. The van der Waals surface area contributed by atoms with Gasteiger partial charge in [-0.15, -0.1) is 0 Å². The Hall–Kier alpha value is -5.09. The maximum atomic E-state index is 12.1. The molecule has 0 saturated carbocycles. The topological polar surface area (TPSA) is 340 Å². The second kappa shape index (κ2) is 18.1. The van der Waals surface area contributed by atoms with Crippen LogP contribution >= 0.6 is 41.3 Å². The molecule has 0 radical (unpaired) electrons. The van der Waals surface area contributed by atoms with Crippen molar-refractivity contribution in [2.75, 3.05) is 0 Å². The number of rotatable bonds is 10. The van der Waals surface area contributed by atoms with Gasteiger partial charge in [-0.25, -0.2) is 16.8 Å². The monoisotopic (exact) mass is 1120 g/mol. The molecule has 316 valence electrons. The number of hydrogen-bond donors (Lipinski definition) is 0. The third kappa shape index (κ3) is 10.3. The van der Waals surface area contributed by atoms with Gasteiger partial charge in [0, 0.05) is 20.5 Å². The van der Waals surface area contributed by atoms with Crippen LogP contribution in [-0.2, 0) is 46.9 Å². The molecule has 4 aromatic carbocycles. The Morgan fingerprint density at radius 1 is 0.787 bits per heavy atom. The van der Waals surface area contributed by atoms with Crippen LogP contribution in [0.25, 0.3) is 22.8 Å². The van der Waals surface area contributed by atoms with Crippen LogP contribution in [0.15, 0.2) is 94.7 Å². The number of aromatic nitrogens is 4. The number of halogens is 2. The molecule has 24 nitrogen and oxygen atoms in total. The smallest absolute Gasteiger partial charge is 0.744 e. The van der Waals surface area contributed by atoms with Gasteiger partial charge in [-0.2, -0.15) is 0 Å². The first kappa shape index (κ1) is 48.6. The van der Waals surface area contributed by atoms with Crippen LogP contribution < -0.4 is 34.4 Å². The third-order valence-electron chi connectivity index (χ3n) is 7.30. The molecular formula is C32H23I2N6NaO18S2. The summed E-state index contributed by atoms with van der Waals surface area (Å²) in [5, 5.41) is 31.2. The Morgan fingerprint density at radius 3 is 1.87 bits per heavy atom. The second-order valence-corrected chi connectivity index (χ2v) is 22.4. The first-order valence-corrected chi connectivity index (χ1v) is 24.3. The molecule has 0 N–H and O–H groups in total. The van der Waals surface area contributed by atoms with Crippen LogP contribution in [0.3, 0.4) is 0 Å². The van der Waals surface area contributed by atoms with E-state index in [2.05, 4.69) is 10.2 Å². The molecule has 1 aliphatic heterocycles. The second-order valence-electron chi connectivity index (χ2n) is 11.6. The fourth-order valence-corrected chi connectivity index (χ4v) is 14.6. The summed E-state index contributed by atoms with van der Waals surface area (Å²) in [7, 11) is -10.5. The number of benzene rings is 4. The van der Waals surface area contributed by atoms with E-state index in [0.29, 0.717) is 12.1 Å². The van der Waals surface area contributed by atoms with E-state index in [1.807, 2.05) is 22.6 Å². The number of nitrogens with zero attached hydrogens (tertiary/aromatic N) is 6. The predicted octanol–water partition coefficient (Wildman–Crippen LogP) is 0.398. The summed E-state index contributed by atoms with van der Waals surface area (Å²) >= 11 is -4.01. The average Bonchev–Trinajstić information content (AvgIpc) is 3.67. The first-order chi connectivity index (χ1) is 27.8. The van der Waals surface area contributed by atoms with Gasteiger partial charge in [0.2, 0.25) is 0 Å². The molecule has 6 rings (SSSR count). The molecule has 1 aliphatic rings. The van der Waals surface area contributed by atoms with Crippen LogP contribution in [0, 0.1) is 27.4 Å². The first-order valence-electron chi connectivity index (χ1n) is 15.8. The molecule has 0 saturated heterocycles. The minimum Gasteiger partial charge on any atom is -0.744 e. The van der Waals surface area contributed by atoms with E-state index >= 15 is 0 Å². The van der Waals surface area contributed by atoms with Crippen LogP contribution in [0.1, 0.15) is 31.1 Å². The van der Waals surface area contributed by atoms with Gasteiger partial charge < -0.3 is 9.11 Å². The minimum absolute atomic E-state index is 0. The van der Waals surface area contributed by atoms with Crippen LogP contribution in [-0.4, -0.2) is 74.7 Å². The fraction of sp³-hybridized carbons (Fsp3) is 0.0938. The molecule has 5 aromatic rings. The number of tetrazole rings is 1. The van der Waals surface area contributed by atoms with Crippen molar-refractivity contribution < 1.29 is 102 Å². The number of nitro benzene ring substituents is 2. The molecule has 0 fully saturated rings. The van der Waals surface area contributed by atoms with E-state index in [9.17, 15) is 65.3 Å². The van der Waals surface area contributed by atoms with Gasteiger partial charge in [0.05, 0.1) is 36.4 Å². The number of non-ortho nitro benzene ring substituents is 1. The number of fused-ring (bicyclic) bond motifs is 1. The Morgan fingerprint density at radius 2 is 1.36 bits per heavy atom. The molecular weight excluding hydrogens is 1100 g/mol. The Balaban J connectivity index is 0.000000304. The van der Waals surface area contributed by atoms with Crippen molar-refractivity contribution in [2.24, 2.45) is 0 Å². The SMILES string of the molecule is CC(=O)OI1(OC(C)=O)(OC(C)=O)OC(=O)c2ccccc21.O=[N+]([O-])c1ccc(-[n+]2nc(-c3ccc(S(=O)(=O)[O-])cc3S(=O)(=O)[O-])nn2-c2ccc(I)cc2)c([N+](=O)[O-])c1.[Na+]. The summed E-state index contributed by atoms with van der Waals surface area (Å²) < 4.78 is 91.3. The largest absolute Gasteiger partial charge is 1.00 e. The summed E-state index contributed by atoms with van der Waals surface area (Å²) in [5.74, 6) is -4.14. The van der Waals surface area contributed by atoms with Gasteiger partial charge in [-0.3, -0.25) is 20.2 Å². The summed E-state index contributed by atoms with van der Waals surface area (Å²) in [6, 6.07) is 16.8. The summed E-state index contributed by atoms with van der Waals surface area (Å²) in [5.41, 5.74) is -1.89. The standard InChI is InChI=1S/C19H11IN6O10S2.C13H13IO8.Na/c20-11-1-3-12(4-2-11)23-21-19(15-7-6-14(37(31,32)33)10-18(15)38(34,35)36)22-24(23)16-8-5-13(25(27)28)9-17(16)26(29)30;1-8(15)19-14(20-9(2)16,21-10(3)17)12-7-5-4-6-11(12)13(18)22-14;/h1-10H,(H-,31,32,33,34,35,36);4-7H,1-3H3;/q;;+1/p-1. The molecule has 0 atom stereocenters. The quantitative estimate of drug-likeness (QED) is 0.0456. The number of carbonyl (C=O) groups is 4. The van der Waals surface area contributed by atoms with Gasteiger partial charge in [0.25, 0.3) is 11.4 Å². The molecule has 0 unspecified atom stereocenters. The van der Waals surface area contributed by atoms with Gasteiger partial charge in [0.15, 0.2) is 0 Å². The van der Waals surface area contributed by atoms with Gasteiger partial charge in [-0.05, 0) is 75.0 Å². The zero-order valence-electron chi connectivity index (χ0n) is 31.2. The number of carbonyl (C=O) groups excluding carboxylic acids is 4. The van der Waals surface area contributed by atoms with Crippen molar-refractivity contribution in [3.8, 4) is 22.8 Å². The minimum atomic E-state index is -6.03. The zero-order chi connectivity index (χ0) is 44.6. The van der Waals surface area contributed by atoms with Gasteiger partial charge in [0.1, 0.15) is 25.9 Å². The molecule has 0 spiro atoms. The summed E-state index contributed by atoms with van der Waals surface area (Å²) in [6.45, 7) is 3.07. The fourth-order valence-electron chi connectivity index (χ4n) is 5.16. The Kier molecular flexibility index (Phi) is 14.4. The maximum Gasteiger partial charge on any atom is 1.00 e. The average molecular weight is 1120 g/mol. The van der Waals surface area contributed by atoms with Crippen molar-refractivity contribution in [3.05, 3.63) is 118 Å². The normalized spacial score (nSPS) is 14.2. The van der Waals surface area contributed by atoms with Crippen LogP contribution in [0.5, 0.6) is 0 Å². The van der Waals surface area contributed by atoms with Crippen molar-refractivity contribution in [3.63, 3.8) is 0 Å². The van der Waals surface area contributed by atoms with E-state index in [0.717, 1.165) is 58.2 Å². The summed E-state index contributed by atoms with van der Waals surface area (Å²) in [6.07, 6.45) is 0. The third-order valence-corrected chi connectivity index (χ3v) is 17.9. The maximum absolute atomic E-state index is 12.1. The molecule has 29 heteroatoms. The van der Waals surface area contributed by atoms with E-state index in [1.165, 1.54) is 30.3 Å².